The number of carbonyl (C=O) groups is 1. The fourth-order valence-corrected chi connectivity index (χ4v) is 3.76. The van der Waals surface area contributed by atoms with E-state index in [2.05, 4.69) is 20.3 Å². The first-order chi connectivity index (χ1) is 15.2. The summed E-state index contributed by atoms with van der Waals surface area (Å²) in [5.74, 6) is 1.43. The normalized spacial score (nSPS) is 14.1. The van der Waals surface area contributed by atoms with Crippen molar-refractivity contribution < 1.29 is 14.3 Å². The van der Waals surface area contributed by atoms with Gasteiger partial charge in [0.2, 0.25) is 0 Å². The predicted molar refractivity (Wildman–Crippen MR) is 120 cm³/mol. The Kier molecular flexibility index (Phi) is 6.88. The highest BCUT2D eigenvalue weighted by Gasteiger charge is 2.20. The molecule has 9 nitrogen and oxygen atoms in total. The topological polar surface area (TPSA) is 94.4 Å². The molecule has 10 heteroatoms. The molecule has 164 valence electrons. The van der Waals surface area contributed by atoms with Crippen LogP contribution in [0, 0.1) is 6.92 Å². The van der Waals surface area contributed by atoms with Crippen molar-refractivity contribution in [3.05, 3.63) is 36.0 Å². The molecule has 1 aliphatic rings. The van der Waals surface area contributed by atoms with Crippen molar-refractivity contribution in [1.82, 2.24) is 25.1 Å². The van der Waals surface area contributed by atoms with E-state index in [4.69, 9.17) is 14.5 Å². The maximum Gasteiger partial charge on any atom is 0.258 e. The van der Waals surface area contributed by atoms with Crippen molar-refractivity contribution in [1.29, 1.82) is 0 Å². The van der Waals surface area contributed by atoms with E-state index >= 15 is 0 Å². The molecule has 0 aliphatic carbocycles. The number of carbonyl (C=O) groups excluding carboxylic acids is 1. The predicted octanol–water partition coefficient (Wildman–Crippen LogP) is 1.89. The molecular weight excluding hydrogens is 416 g/mol. The summed E-state index contributed by atoms with van der Waals surface area (Å²) in [5, 5.41) is 8.99. The lowest BCUT2D eigenvalue weighted by Gasteiger charge is -2.28. The number of hydrogen-bond donors (Lipinski definition) is 1. The molecule has 1 N–H and O–H groups in total. The minimum Gasteiger partial charge on any atom is -0.484 e. The van der Waals surface area contributed by atoms with Crippen LogP contribution in [0.25, 0.3) is 11.0 Å². The smallest absolute Gasteiger partial charge is 0.258 e. The third kappa shape index (κ3) is 5.08. The van der Waals surface area contributed by atoms with Gasteiger partial charge in [0.05, 0.1) is 31.3 Å². The zero-order chi connectivity index (χ0) is 21.6. The lowest BCUT2D eigenvalue weighted by Crippen LogP contribution is -2.37. The van der Waals surface area contributed by atoms with Crippen LogP contribution in [0.2, 0.25) is 0 Å². The molecule has 0 atom stereocenters. The van der Waals surface area contributed by atoms with Gasteiger partial charge in [-0.25, -0.2) is 14.6 Å². The molecule has 0 saturated carbocycles. The summed E-state index contributed by atoms with van der Waals surface area (Å²) in [7, 11) is 0. The molecule has 31 heavy (non-hydrogen) atoms. The van der Waals surface area contributed by atoms with E-state index < -0.39 is 0 Å². The number of amides is 1. The summed E-state index contributed by atoms with van der Waals surface area (Å²) >= 11 is 1.50. The molecule has 0 spiro atoms. The van der Waals surface area contributed by atoms with Crippen LogP contribution in [-0.4, -0.2) is 71.4 Å². The molecule has 0 unspecified atom stereocenters. The Hall–Kier alpha value is -2.85. The van der Waals surface area contributed by atoms with E-state index in [1.165, 1.54) is 11.8 Å². The Morgan fingerprint density at radius 2 is 2.06 bits per heavy atom. The number of nitrogens with one attached hydrogen (secondary N) is 1. The molecule has 1 saturated heterocycles. The summed E-state index contributed by atoms with van der Waals surface area (Å²) in [6, 6.07) is 7.63. The average Bonchev–Trinajstić information content (AvgIpc) is 3.21. The lowest BCUT2D eigenvalue weighted by atomic mass is 10.2. The lowest BCUT2D eigenvalue weighted by molar-refractivity contribution is -0.123. The molecule has 3 heterocycles. The van der Waals surface area contributed by atoms with Gasteiger partial charge in [0, 0.05) is 19.6 Å². The van der Waals surface area contributed by atoms with Crippen LogP contribution >= 0.6 is 11.8 Å². The fraction of sp³-hybridized carbons (Fsp3) is 0.429. The third-order valence-corrected chi connectivity index (χ3v) is 5.59. The minimum atomic E-state index is -0.173. The SMILES string of the molecule is CSc1nc(N2CCOCC2)c2cnn(CCNC(=O)COc3ccccc3C)c2n1. The molecule has 1 aliphatic heterocycles. The number of benzene rings is 1. The number of morpholine rings is 1. The van der Waals surface area contributed by atoms with Crippen molar-refractivity contribution >= 4 is 34.5 Å². The summed E-state index contributed by atoms with van der Waals surface area (Å²) in [6.07, 6.45) is 3.76. The quantitative estimate of drug-likeness (QED) is 0.418. The van der Waals surface area contributed by atoms with Crippen LogP contribution in [0.5, 0.6) is 5.75 Å². The molecule has 1 amide bonds. The number of aryl methyl sites for hydroxylation is 1. The van der Waals surface area contributed by atoms with Gasteiger partial charge < -0.3 is 19.7 Å². The van der Waals surface area contributed by atoms with Gasteiger partial charge in [0.15, 0.2) is 17.4 Å². The first-order valence-electron chi connectivity index (χ1n) is 10.2. The molecule has 1 aromatic carbocycles. The van der Waals surface area contributed by atoms with Gasteiger partial charge in [-0.05, 0) is 24.8 Å². The van der Waals surface area contributed by atoms with E-state index in [0.717, 1.165) is 35.5 Å². The van der Waals surface area contributed by atoms with Crippen LogP contribution in [-0.2, 0) is 16.1 Å². The van der Waals surface area contributed by atoms with Crippen molar-refractivity contribution in [2.45, 2.75) is 18.6 Å². The number of thioether (sulfide) groups is 1. The zero-order valence-corrected chi connectivity index (χ0v) is 18.5. The van der Waals surface area contributed by atoms with Crippen LogP contribution < -0.4 is 15.0 Å². The largest absolute Gasteiger partial charge is 0.484 e. The Balaban J connectivity index is 1.39. The Bertz CT molecular complexity index is 1050. The maximum absolute atomic E-state index is 12.2. The molecule has 0 radical (unpaired) electrons. The minimum absolute atomic E-state index is 0.0231. The van der Waals surface area contributed by atoms with Gasteiger partial charge in [0.25, 0.3) is 5.91 Å². The molecule has 0 bridgehead atoms. The number of aromatic nitrogens is 4. The number of nitrogens with zero attached hydrogens (tertiary/aromatic N) is 5. The Labute approximate surface area is 185 Å². The highest BCUT2D eigenvalue weighted by Crippen LogP contribution is 2.27. The van der Waals surface area contributed by atoms with Crippen LogP contribution in [0.15, 0.2) is 35.6 Å². The van der Waals surface area contributed by atoms with Crippen molar-refractivity contribution in [2.24, 2.45) is 0 Å². The van der Waals surface area contributed by atoms with E-state index in [1.54, 1.807) is 6.20 Å². The molecular formula is C21H26N6O3S. The number of para-hydroxylation sites is 1. The van der Waals surface area contributed by atoms with Crippen LogP contribution in [0.1, 0.15) is 5.56 Å². The summed E-state index contributed by atoms with van der Waals surface area (Å²) in [6.45, 7) is 5.82. The van der Waals surface area contributed by atoms with E-state index in [9.17, 15) is 4.79 Å². The van der Waals surface area contributed by atoms with Crippen molar-refractivity contribution in [2.75, 3.05) is 50.6 Å². The monoisotopic (exact) mass is 442 g/mol. The second-order valence-corrected chi connectivity index (χ2v) is 7.92. The highest BCUT2D eigenvalue weighted by molar-refractivity contribution is 7.98. The maximum atomic E-state index is 12.2. The van der Waals surface area contributed by atoms with Gasteiger partial charge in [-0.1, -0.05) is 30.0 Å². The molecule has 1 fully saturated rings. The van der Waals surface area contributed by atoms with Crippen LogP contribution in [0.3, 0.4) is 0 Å². The zero-order valence-electron chi connectivity index (χ0n) is 17.7. The number of rotatable bonds is 8. The van der Waals surface area contributed by atoms with E-state index in [-0.39, 0.29) is 12.5 Å². The standard InChI is InChI=1S/C21H26N6O3S/c1-15-5-3-4-6-17(15)30-14-18(28)22-7-8-27-20-16(13-23-27)19(24-21(25-20)31-2)26-9-11-29-12-10-26/h3-6,13H,7-12,14H2,1-2H3,(H,22,28). The molecule has 2 aromatic heterocycles. The molecule has 3 aromatic rings. The van der Waals surface area contributed by atoms with E-state index in [0.29, 0.717) is 37.2 Å². The Morgan fingerprint density at radius 3 is 2.84 bits per heavy atom. The number of anilines is 1. The third-order valence-electron chi connectivity index (χ3n) is 5.05. The van der Waals surface area contributed by atoms with Crippen LogP contribution in [0.4, 0.5) is 5.82 Å². The fourth-order valence-electron chi connectivity index (χ4n) is 3.41. The highest BCUT2D eigenvalue weighted by atomic mass is 32.2. The van der Waals surface area contributed by atoms with Crippen molar-refractivity contribution in [3.63, 3.8) is 0 Å². The van der Waals surface area contributed by atoms with Gasteiger partial charge in [0.1, 0.15) is 11.6 Å². The van der Waals surface area contributed by atoms with Gasteiger partial charge >= 0.3 is 0 Å². The first kappa shape index (κ1) is 21.4. The second kappa shape index (κ2) is 9.97. The number of ether oxygens (including phenoxy) is 2. The van der Waals surface area contributed by atoms with Gasteiger partial charge in [-0.15, -0.1) is 0 Å². The first-order valence-corrected chi connectivity index (χ1v) is 11.4. The number of fused-ring (bicyclic) bond motifs is 1. The molecule has 4 rings (SSSR count). The van der Waals surface area contributed by atoms with Gasteiger partial charge in [-0.2, -0.15) is 5.10 Å². The summed E-state index contributed by atoms with van der Waals surface area (Å²) in [4.78, 5) is 23.7. The summed E-state index contributed by atoms with van der Waals surface area (Å²) in [5.41, 5.74) is 1.77. The number of hydrogen-bond acceptors (Lipinski definition) is 8. The Morgan fingerprint density at radius 1 is 1.26 bits per heavy atom. The van der Waals surface area contributed by atoms with E-state index in [1.807, 2.05) is 42.1 Å². The average molecular weight is 443 g/mol. The van der Waals surface area contributed by atoms with Crippen molar-refractivity contribution in [3.8, 4) is 5.75 Å². The summed E-state index contributed by atoms with van der Waals surface area (Å²) < 4.78 is 12.9. The second-order valence-electron chi connectivity index (χ2n) is 7.14. The van der Waals surface area contributed by atoms with Gasteiger partial charge in [-0.3, -0.25) is 4.79 Å².